The minimum Gasteiger partial charge on any atom is -0.458 e. The highest BCUT2D eigenvalue weighted by atomic mass is 16.7. The highest BCUT2D eigenvalue weighted by Gasteiger charge is 2.55. The van der Waals surface area contributed by atoms with Crippen molar-refractivity contribution in [3.05, 3.63) is 0 Å². The van der Waals surface area contributed by atoms with E-state index in [0.29, 0.717) is 25.8 Å². The number of ketones is 1. The van der Waals surface area contributed by atoms with Crippen molar-refractivity contribution in [2.75, 3.05) is 41.8 Å². The first-order valence-electron chi connectivity index (χ1n) is 16.7. The molecule has 13 heteroatoms. The van der Waals surface area contributed by atoms with Crippen molar-refractivity contribution >= 4 is 17.8 Å². The minimum atomic E-state index is -1.14. The van der Waals surface area contributed by atoms with E-state index in [9.17, 15) is 19.5 Å². The molecule has 0 aliphatic carbocycles. The predicted molar refractivity (Wildman–Crippen MR) is 172 cm³/mol. The minimum absolute atomic E-state index is 0.0308. The molecule has 0 aromatic rings. The summed E-state index contributed by atoms with van der Waals surface area (Å²) >= 11 is 0. The molecule has 1 amide bonds. The number of cyclic esters (lactones) is 1. The smallest absolute Gasteiger partial charge is 0.408 e. The van der Waals surface area contributed by atoms with Gasteiger partial charge in [0.05, 0.1) is 23.9 Å². The molecule has 13 atom stereocenters. The van der Waals surface area contributed by atoms with E-state index in [1.54, 1.807) is 21.0 Å². The largest absolute Gasteiger partial charge is 0.458 e. The molecular formula is C33H60N4O9. The average molecular weight is 657 g/mol. The Bertz CT molecular complexity index is 1060. The number of alkyl carbamates (subject to hydrolysis) is 1. The van der Waals surface area contributed by atoms with Crippen LogP contribution in [0.4, 0.5) is 4.79 Å². The number of aliphatic hydroxyl groups is 1. The molecule has 0 aromatic carbocycles. The Hall–Kier alpha value is -1.87. The second-order valence-corrected chi connectivity index (χ2v) is 14.6. The van der Waals surface area contributed by atoms with Crippen molar-refractivity contribution < 1.29 is 43.2 Å². The van der Waals surface area contributed by atoms with E-state index in [-0.39, 0.29) is 30.1 Å². The van der Waals surface area contributed by atoms with Crippen LogP contribution in [-0.2, 0) is 33.3 Å². The number of esters is 1. The predicted octanol–water partition coefficient (Wildman–Crippen LogP) is 1.94. The maximum absolute atomic E-state index is 13.9. The third-order valence-electron chi connectivity index (χ3n) is 10.6. The van der Waals surface area contributed by atoms with E-state index in [0.717, 1.165) is 0 Å². The van der Waals surface area contributed by atoms with Crippen LogP contribution in [0.2, 0.25) is 0 Å². The van der Waals surface area contributed by atoms with Gasteiger partial charge in [0.15, 0.2) is 11.9 Å². The summed E-state index contributed by atoms with van der Waals surface area (Å²) in [4.78, 5) is 43.6. The Balaban J connectivity index is 2.00. The zero-order valence-electron chi connectivity index (χ0n) is 30.0. The molecule has 0 aromatic heterocycles. The summed E-state index contributed by atoms with van der Waals surface area (Å²) in [5.41, 5.74) is -2.15. The molecule has 13 nitrogen and oxygen atoms in total. The summed E-state index contributed by atoms with van der Waals surface area (Å²) in [5.74, 6) is -1.90. The summed E-state index contributed by atoms with van der Waals surface area (Å²) in [6.07, 6.45) is -3.55. The van der Waals surface area contributed by atoms with Crippen molar-refractivity contribution in [3.63, 3.8) is 0 Å². The second-order valence-electron chi connectivity index (χ2n) is 14.6. The van der Waals surface area contributed by atoms with E-state index in [4.69, 9.17) is 23.7 Å². The van der Waals surface area contributed by atoms with Gasteiger partial charge in [-0.3, -0.25) is 9.59 Å². The number of likely N-dealkylation sites (N-methyl/N-ethyl adjacent to an activating group) is 2. The summed E-state index contributed by atoms with van der Waals surface area (Å²) in [7, 11) is 9.37. The normalized spacial score (nSPS) is 42.5. The summed E-state index contributed by atoms with van der Waals surface area (Å²) < 4.78 is 30.9. The van der Waals surface area contributed by atoms with Gasteiger partial charge in [-0.2, -0.15) is 0 Å². The van der Waals surface area contributed by atoms with E-state index in [2.05, 4.69) is 29.4 Å². The Labute approximate surface area is 275 Å². The maximum atomic E-state index is 13.9. The third-order valence-corrected chi connectivity index (χ3v) is 10.6. The fourth-order valence-corrected chi connectivity index (χ4v) is 7.39. The summed E-state index contributed by atoms with van der Waals surface area (Å²) in [5, 5.41) is 17.9. The van der Waals surface area contributed by atoms with Crippen LogP contribution in [0.1, 0.15) is 74.1 Å². The lowest BCUT2D eigenvalue weighted by Crippen LogP contribution is -2.61. The lowest BCUT2D eigenvalue weighted by Gasteiger charge is -2.48. The molecule has 3 rings (SSSR count). The van der Waals surface area contributed by atoms with Crippen LogP contribution < -0.4 is 10.6 Å². The summed E-state index contributed by atoms with van der Waals surface area (Å²) in [6, 6.07) is -0.933. The maximum Gasteiger partial charge on any atom is 0.408 e. The molecule has 3 heterocycles. The number of carbonyl (C=O) groups excluding carboxylic acids is 3. The first-order chi connectivity index (χ1) is 21.4. The zero-order valence-corrected chi connectivity index (χ0v) is 30.0. The van der Waals surface area contributed by atoms with E-state index < -0.39 is 72.0 Å². The highest BCUT2D eigenvalue weighted by molar-refractivity contribution is 5.97. The van der Waals surface area contributed by atoms with Gasteiger partial charge < -0.3 is 49.2 Å². The fourth-order valence-electron chi connectivity index (χ4n) is 7.39. The molecule has 3 aliphatic heterocycles. The van der Waals surface area contributed by atoms with E-state index in [1.165, 1.54) is 0 Å². The number of amides is 1. The van der Waals surface area contributed by atoms with Gasteiger partial charge in [-0.15, -0.1) is 0 Å². The molecule has 0 spiro atoms. The van der Waals surface area contributed by atoms with Crippen LogP contribution in [0.3, 0.4) is 0 Å². The molecular weight excluding hydrogens is 596 g/mol. The number of methoxy groups -OCH3 is 1. The molecule has 3 saturated heterocycles. The topological polar surface area (TPSA) is 148 Å². The van der Waals surface area contributed by atoms with Crippen molar-refractivity contribution in [3.8, 4) is 0 Å². The first kappa shape index (κ1) is 38.6. The van der Waals surface area contributed by atoms with Gasteiger partial charge >= 0.3 is 12.1 Å². The Kier molecular flexibility index (Phi) is 13.1. The molecule has 0 radical (unpaired) electrons. The number of nitrogens with zero attached hydrogens (tertiary/aromatic N) is 2. The molecule has 1 unspecified atom stereocenters. The Morgan fingerprint density at radius 1 is 1.11 bits per heavy atom. The van der Waals surface area contributed by atoms with Crippen LogP contribution in [0.15, 0.2) is 0 Å². The molecule has 3 aliphatic rings. The van der Waals surface area contributed by atoms with E-state index >= 15 is 0 Å². The number of Topliss-reactive ketones (excluding diaryl/α,β-unsaturated/α-hetero) is 1. The molecule has 3 fully saturated rings. The van der Waals surface area contributed by atoms with Crippen LogP contribution in [0.25, 0.3) is 0 Å². The number of ether oxygens (including phenoxy) is 5. The Morgan fingerprint density at radius 2 is 1.76 bits per heavy atom. The summed E-state index contributed by atoms with van der Waals surface area (Å²) in [6.45, 7) is 13.9. The highest BCUT2D eigenvalue weighted by Crippen LogP contribution is 2.37. The first-order valence-corrected chi connectivity index (χ1v) is 16.7. The molecule has 0 saturated carbocycles. The SMILES string of the molecule is CC[C@H]1OC(=O)CC(=O)[C@H](C)[C@@H](O[C@@H]2O[C@H]([C@@H](C)N(C)C)CC(N(C)C)[C@H]2O)[C@](C)(OC)C[C@@H](C)CN[C@H](C)[C@H]2NC(=O)O[C@@]21C. The molecule has 266 valence electrons. The van der Waals surface area contributed by atoms with E-state index in [1.807, 2.05) is 53.9 Å². The van der Waals surface area contributed by atoms with Gasteiger partial charge in [0.1, 0.15) is 24.4 Å². The third kappa shape index (κ3) is 8.40. The van der Waals surface area contributed by atoms with Gasteiger partial charge in [-0.05, 0) is 87.6 Å². The van der Waals surface area contributed by atoms with Gasteiger partial charge in [0, 0.05) is 31.2 Å². The number of rotatable bonds is 7. The zero-order chi connectivity index (χ0) is 34.7. The van der Waals surface area contributed by atoms with Crippen LogP contribution >= 0.6 is 0 Å². The molecule has 46 heavy (non-hydrogen) atoms. The number of carbonyl (C=O) groups is 3. The van der Waals surface area contributed by atoms with Gasteiger partial charge in [-0.1, -0.05) is 20.8 Å². The fraction of sp³-hybridized carbons (Fsp3) is 0.909. The number of aliphatic hydroxyl groups excluding tert-OH is 1. The van der Waals surface area contributed by atoms with Crippen molar-refractivity contribution in [1.29, 1.82) is 0 Å². The quantitative estimate of drug-likeness (QED) is 0.272. The van der Waals surface area contributed by atoms with Crippen molar-refractivity contribution in [2.45, 2.75) is 140 Å². The lowest BCUT2D eigenvalue weighted by atomic mass is 9.80. The monoisotopic (exact) mass is 656 g/mol. The van der Waals surface area contributed by atoms with Crippen LogP contribution in [-0.4, -0.2) is 141 Å². The number of hydrogen-bond acceptors (Lipinski definition) is 12. The Morgan fingerprint density at radius 3 is 2.33 bits per heavy atom. The number of nitrogens with one attached hydrogen (secondary N) is 2. The van der Waals surface area contributed by atoms with Crippen molar-refractivity contribution in [1.82, 2.24) is 20.4 Å². The molecule has 0 bridgehead atoms. The van der Waals surface area contributed by atoms with Gasteiger partial charge in [0.25, 0.3) is 0 Å². The van der Waals surface area contributed by atoms with Crippen LogP contribution in [0, 0.1) is 11.8 Å². The number of fused-ring (bicyclic) bond motifs is 1. The second kappa shape index (κ2) is 15.6. The van der Waals surface area contributed by atoms with Crippen LogP contribution in [0.5, 0.6) is 0 Å². The standard InChI is InChI=1S/C33H60N4O9/c1-13-25-33(7)28(35-31(41)46-33)20(4)34-17-18(2)16-32(6,42-12)29(19(3)23(38)15-26(39)44-25)45-30-27(40)22(37(10)11)14-24(43-30)21(5)36(8)9/h18-22,24-25,27-30,34,40H,13-17H2,1-12H3,(H,35,41)/t18-,19+,20-,21-,22?,24+,25-,27-,28-,29-,30+,32-,33-/m1/s1. The van der Waals surface area contributed by atoms with Crippen molar-refractivity contribution in [2.24, 2.45) is 11.8 Å². The molecule has 3 N–H and O–H groups in total. The lowest BCUT2D eigenvalue weighted by molar-refractivity contribution is -0.302. The number of hydrogen-bond donors (Lipinski definition) is 3. The average Bonchev–Trinajstić information content (AvgIpc) is 3.30. The van der Waals surface area contributed by atoms with Gasteiger partial charge in [0.2, 0.25) is 0 Å². The van der Waals surface area contributed by atoms with Gasteiger partial charge in [-0.25, -0.2) is 4.79 Å².